The Bertz CT molecular complexity index is 851. The van der Waals surface area contributed by atoms with Crippen molar-refractivity contribution in [3.8, 4) is 0 Å². The van der Waals surface area contributed by atoms with E-state index in [2.05, 4.69) is 46.8 Å². The number of nitrogens with one attached hydrogen (secondary N) is 2. The monoisotopic (exact) mass is 354 g/mol. The highest BCUT2D eigenvalue weighted by molar-refractivity contribution is 7.80. The number of aryl methyl sites for hydroxylation is 2. The number of anilines is 1. The van der Waals surface area contributed by atoms with Crippen molar-refractivity contribution >= 4 is 23.0 Å². The Morgan fingerprint density at radius 1 is 1.20 bits per heavy atom. The van der Waals surface area contributed by atoms with E-state index < -0.39 is 0 Å². The Labute approximate surface area is 152 Å². The summed E-state index contributed by atoms with van der Waals surface area (Å²) in [5.41, 5.74) is 4.34. The standard InChI is InChI=1S/C18H22N6S/c1-3-23-9-8-16(22-23)10-19-18(25)21-17-11-20-24(13-17)12-15-7-5-4-6-14(15)2/h4-9,11,13H,3,10,12H2,1-2H3,(H2,19,21,25). The van der Waals surface area contributed by atoms with E-state index in [4.69, 9.17) is 12.2 Å². The first-order chi connectivity index (χ1) is 12.1. The number of rotatable bonds is 6. The van der Waals surface area contributed by atoms with Gasteiger partial charge in [0.05, 0.1) is 30.7 Å². The minimum Gasteiger partial charge on any atom is -0.357 e. The summed E-state index contributed by atoms with van der Waals surface area (Å²) < 4.78 is 3.79. The number of thiocarbonyl (C=S) groups is 1. The molecule has 2 aromatic heterocycles. The summed E-state index contributed by atoms with van der Waals surface area (Å²) in [6.07, 6.45) is 5.69. The van der Waals surface area contributed by atoms with Gasteiger partial charge in [0, 0.05) is 18.9 Å². The van der Waals surface area contributed by atoms with Crippen LogP contribution < -0.4 is 10.6 Å². The molecule has 2 heterocycles. The first kappa shape index (κ1) is 17.2. The van der Waals surface area contributed by atoms with Crippen LogP contribution in [0.4, 0.5) is 5.69 Å². The Hall–Kier alpha value is -2.67. The summed E-state index contributed by atoms with van der Waals surface area (Å²) in [5, 5.41) is 15.7. The highest BCUT2D eigenvalue weighted by Crippen LogP contribution is 2.11. The lowest BCUT2D eigenvalue weighted by atomic mass is 10.1. The van der Waals surface area contributed by atoms with E-state index in [0.29, 0.717) is 11.7 Å². The van der Waals surface area contributed by atoms with Gasteiger partial charge in [-0.05, 0) is 43.3 Å². The molecule has 25 heavy (non-hydrogen) atoms. The van der Waals surface area contributed by atoms with Gasteiger partial charge in [-0.25, -0.2) is 0 Å². The van der Waals surface area contributed by atoms with E-state index in [1.807, 2.05) is 40.0 Å². The van der Waals surface area contributed by atoms with Crippen LogP contribution in [0.25, 0.3) is 0 Å². The van der Waals surface area contributed by atoms with Gasteiger partial charge in [0.15, 0.2) is 5.11 Å². The van der Waals surface area contributed by atoms with Crippen LogP contribution in [-0.2, 0) is 19.6 Å². The van der Waals surface area contributed by atoms with E-state index >= 15 is 0 Å². The van der Waals surface area contributed by atoms with E-state index in [9.17, 15) is 0 Å². The molecule has 2 N–H and O–H groups in total. The van der Waals surface area contributed by atoms with E-state index in [0.717, 1.165) is 24.5 Å². The molecule has 130 valence electrons. The van der Waals surface area contributed by atoms with Gasteiger partial charge in [-0.1, -0.05) is 24.3 Å². The summed E-state index contributed by atoms with van der Waals surface area (Å²) in [4.78, 5) is 0. The molecular formula is C18H22N6S. The molecule has 0 aliphatic heterocycles. The maximum absolute atomic E-state index is 5.34. The summed E-state index contributed by atoms with van der Waals surface area (Å²) in [6, 6.07) is 10.3. The summed E-state index contributed by atoms with van der Waals surface area (Å²) >= 11 is 5.34. The normalized spacial score (nSPS) is 10.6. The van der Waals surface area contributed by atoms with Gasteiger partial charge in [0.2, 0.25) is 0 Å². The zero-order valence-corrected chi connectivity index (χ0v) is 15.3. The van der Waals surface area contributed by atoms with Gasteiger partial charge >= 0.3 is 0 Å². The van der Waals surface area contributed by atoms with Crippen molar-refractivity contribution < 1.29 is 0 Å². The fourth-order valence-corrected chi connectivity index (χ4v) is 2.69. The number of benzene rings is 1. The molecule has 0 saturated heterocycles. The van der Waals surface area contributed by atoms with Crippen LogP contribution in [0.2, 0.25) is 0 Å². The highest BCUT2D eigenvalue weighted by atomic mass is 32.1. The Balaban J connectivity index is 1.52. The predicted molar refractivity (Wildman–Crippen MR) is 103 cm³/mol. The lowest BCUT2D eigenvalue weighted by Crippen LogP contribution is -2.28. The van der Waals surface area contributed by atoms with Crippen LogP contribution in [-0.4, -0.2) is 24.7 Å². The second-order valence-corrected chi connectivity index (χ2v) is 6.23. The Morgan fingerprint density at radius 3 is 2.80 bits per heavy atom. The number of aromatic nitrogens is 4. The molecule has 0 bridgehead atoms. The molecule has 3 aromatic rings. The van der Waals surface area contributed by atoms with Crippen molar-refractivity contribution in [2.75, 3.05) is 5.32 Å². The minimum absolute atomic E-state index is 0.557. The first-order valence-electron chi connectivity index (χ1n) is 8.28. The quantitative estimate of drug-likeness (QED) is 0.667. The maximum Gasteiger partial charge on any atom is 0.171 e. The van der Waals surface area contributed by atoms with E-state index in [1.165, 1.54) is 11.1 Å². The second kappa shape index (κ2) is 7.94. The SMILES string of the molecule is CCn1ccc(CNC(=S)Nc2cnn(Cc3ccccc3C)c2)n1. The van der Waals surface area contributed by atoms with Crippen molar-refractivity contribution in [3.05, 3.63) is 65.7 Å². The van der Waals surface area contributed by atoms with E-state index in [-0.39, 0.29) is 0 Å². The molecule has 0 saturated carbocycles. The van der Waals surface area contributed by atoms with Gasteiger partial charge in [0.25, 0.3) is 0 Å². The molecule has 0 radical (unpaired) electrons. The second-order valence-electron chi connectivity index (χ2n) is 5.82. The van der Waals surface area contributed by atoms with Crippen LogP contribution in [0.3, 0.4) is 0 Å². The maximum atomic E-state index is 5.34. The molecule has 0 aliphatic rings. The van der Waals surface area contributed by atoms with Crippen molar-refractivity contribution in [1.82, 2.24) is 24.9 Å². The van der Waals surface area contributed by atoms with Crippen molar-refractivity contribution in [2.24, 2.45) is 0 Å². The lowest BCUT2D eigenvalue weighted by molar-refractivity contribution is 0.643. The third kappa shape index (κ3) is 4.67. The molecule has 1 aromatic carbocycles. The molecule has 0 amide bonds. The molecule has 7 heteroatoms. The Morgan fingerprint density at radius 2 is 2.04 bits per heavy atom. The fourth-order valence-electron chi connectivity index (χ4n) is 2.50. The smallest absolute Gasteiger partial charge is 0.171 e. The van der Waals surface area contributed by atoms with Gasteiger partial charge < -0.3 is 10.6 Å². The third-order valence-corrected chi connectivity index (χ3v) is 4.18. The topological polar surface area (TPSA) is 59.7 Å². The average molecular weight is 354 g/mol. The van der Waals surface area contributed by atoms with Gasteiger partial charge in [0.1, 0.15) is 0 Å². The molecule has 0 unspecified atom stereocenters. The van der Waals surface area contributed by atoms with Gasteiger partial charge in [-0.2, -0.15) is 10.2 Å². The fraction of sp³-hybridized carbons (Fsp3) is 0.278. The highest BCUT2D eigenvalue weighted by Gasteiger charge is 2.04. The summed E-state index contributed by atoms with van der Waals surface area (Å²) in [5.74, 6) is 0. The lowest BCUT2D eigenvalue weighted by Gasteiger charge is -2.07. The van der Waals surface area contributed by atoms with Crippen LogP contribution in [0.15, 0.2) is 48.9 Å². The van der Waals surface area contributed by atoms with Gasteiger partial charge in [-0.3, -0.25) is 9.36 Å². The number of hydrogen-bond donors (Lipinski definition) is 2. The molecule has 3 rings (SSSR count). The van der Waals surface area contributed by atoms with Crippen LogP contribution in [0.1, 0.15) is 23.7 Å². The molecule has 0 atom stereocenters. The van der Waals surface area contributed by atoms with Gasteiger partial charge in [-0.15, -0.1) is 0 Å². The molecular weight excluding hydrogens is 332 g/mol. The zero-order chi connectivity index (χ0) is 17.6. The van der Waals surface area contributed by atoms with Crippen LogP contribution in [0, 0.1) is 6.92 Å². The summed E-state index contributed by atoms with van der Waals surface area (Å²) in [7, 11) is 0. The Kier molecular flexibility index (Phi) is 5.45. The van der Waals surface area contributed by atoms with Crippen LogP contribution >= 0.6 is 12.2 Å². The van der Waals surface area contributed by atoms with Crippen molar-refractivity contribution in [1.29, 1.82) is 0 Å². The third-order valence-electron chi connectivity index (χ3n) is 3.93. The number of nitrogens with zero attached hydrogens (tertiary/aromatic N) is 4. The summed E-state index contributed by atoms with van der Waals surface area (Å²) in [6.45, 7) is 6.36. The average Bonchev–Trinajstić information content (AvgIpc) is 3.24. The first-order valence-corrected chi connectivity index (χ1v) is 8.69. The largest absolute Gasteiger partial charge is 0.357 e. The van der Waals surface area contributed by atoms with E-state index in [1.54, 1.807) is 6.20 Å². The van der Waals surface area contributed by atoms with Crippen LogP contribution in [0.5, 0.6) is 0 Å². The molecule has 0 spiro atoms. The molecule has 6 nitrogen and oxygen atoms in total. The minimum atomic E-state index is 0.557. The zero-order valence-electron chi connectivity index (χ0n) is 14.4. The molecule has 0 aliphatic carbocycles. The molecule has 0 fully saturated rings. The predicted octanol–water partition coefficient (Wildman–Crippen LogP) is 2.94. The number of hydrogen-bond acceptors (Lipinski definition) is 3. The van der Waals surface area contributed by atoms with Crippen molar-refractivity contribution in [2.45, 2.75) is 33.5 Å². The van der Waals surface area contributed by atoms with Crippen molar-refractivity contribution in [3.63, 3.8) is 0 Å².